The molecule has 8 nitrogen and oxygen atoms in total. The Kier molecular flexibility index (Phi) is 8.97. The molecule has 1 unspecified atom stereocenters. The first-order chi connectivity index (χ1) is 14.7. The topological polar surface area (TPSA) is 77.9 Å². The molecule has 0 aliphatic carbocycles. The van der Waals surface area contributed by atoms with E-state index in [1.165, 1.54) is 0 Å². The smallest absolute Gasteiger partial charge is 0.191 e. The van der Waals surface area contributed by atoms with Crippen molar-refractivity contribution in [2.75, 3.05) is 56.2 Å². The summed E-state index contributed by atoms with van der Waals surface area (Å²) in [6.45, 7) is 5.62. The van der Waals surface area contributed by atoms with Crippen LogP contribution in [0.3, 0.4) is 0 Å². The molecule has 10 heteroatoms. The van der Waals surface area contributed by atoms with Crippen LogP contribution in [0.1, 0.15) is 12.0 Å². The quantitative estimate of drug-likeness (QED) is 0.332. The lowest BCUT2D eigenvalue weighted by atomic mass is 10.2. The fourth-order valence-corrected chi connectivity index (χ4v) is 4.12. The largest absolute Gasteiger partial charge is 0.378 e. The maximum atomic E-state index is 6.30. The summed E-state index contributed by atoms with van der Waals surface area (Å²) in [5.74, 6) is 2.64. The first-order valence-corrected chi connectivity index (χ1v) is 10.7. The van der Waals surface area contributed by atoms with Gasteiger partial charge in [-0.1, -0.05) is 17.7 Å². The lowest BCUT2D eigenvalue weighted by Crippen LogP contribution is -2.44. The third-order valence-corrected chi connectivity index (χ3v) is 5.71. The molecule has 2 aliphatic heterocycles. The Hall–Kier alpha value is -1.85. The minimum Gasteiger partial charge on any atom is -0.378 e. The number of pyridine rings is 2. The first-order valence-electron chi connectivity index (χ1n) is 10.3. The Morgan fingerprint density at radius 2 is 1.87 bits per heavy atom. The standard InChI is InChI=1S/C21H28ClN7O.HI/c1-23-21(27-17-6-9-29(15-17)20-18(22)5-3-8-25-20)26-14-16-4-2-7-24-19(16)28-10-12-30-13-11-28;/h2-5,7-8,17H,6,9-15H2,1H3,(H2,23,26,27);1H. The zero-order valence-electron chi connectivity index (χ0n) is 17.6. The van der Waals surface area contributed by atoms with Gasteiger partial charge in [-0.15, -0.1) is 24.0 Å². The van der Waals surface area contributed by atoms with Crippen molar-refractivity contribution in [1.29, 1.82) is 0 Å². The Morgan fingerprint density at radius 3 is 2.61 bits per heavy atom. The lowest BCUT2D eigenvalue weighted by Gasteiger charge is -2.29. The third kappa shape index (κ3) is 6.11. The van der Waals surface area contributed by atoms with Gasteiger partial charge in [-0.05, 0) is 24.6 Å². The number of aromatic nitrogens is 2. The second-order valence-corrected chi connectivity index (χ2v) is 7.80. The second kappa shape index (κ2) is 11.7. The fraction of sp³-hybridized carbons (Fsp3) is 0.476. The third-order valence-electron chi connectivity index (χ3n) is 5.42. The van der Waals surface area contributed by atoms with Gasteiger partial charge in [0.25, 0.3) is 0 Å². The minimum absolute atomic E-state index is 0. The van der Waals surface area contributed by atoms with Crippen molar-refractivity contribution in [3.8, 4) is 0 Å². The zero-order chi connectivity index (χ0) is 20.8. The molecular weight excluding hydrogens is 529 g/mol. The molecule has 0 saturated carbocycles. The van der Waals surface area contributed by atoms with Crippen LogP contribution in [0.4, 0.5) is 11.6 Å². The Morgan fingerprint density at radius 1 is 1.13 bits per heavy atom. The van der Waals surface area contributed by atoms with E-state index in [2.05, 4.69) is 41.5 Å². The van der Waals surface area contributed by atoms with E-state index in [-0.39, 0.29) is 30.0 Å². The highest BCUT2D eigenvalue weighted by Crippen LogP contribution is 2.25. The molecular formula is C21H29ClIN7O. The maximum absolute atomic E-state index is 6.30. The number of morpholine rings is 1. The summed E-state index contributed by atoms with van der Waals surface area (Å²) in [7, 11) is 1.80. The van der Waals surface area contributed by atoms with Crippen molar-refractivity contribution in [3.05, 3.63) is 47.2 Å². The summed E-state index contributed by atoms with van der Waals surface area (Å²) in [6.07, 6.45) is 4.62. The van der Waals surface area contributed by atoms with Crippen molar-refractivity contribution in [2.45, 2.75) is 19.0 Å². The van der Waals surface area contributed by atoms with Crippen LogP contribution in [0.5, 0.6) is 0 Å². The number of guanidine groups is 1. The summed E-state index contributed by atoms with van der Waals surface area (Å²) in [5.41, 5.74) is 1.15. The first kappa shape index (κ1) is 23.8. The molecule has 0 radical (unpaired) electrons. The number of halogens is 2. The predicted molar refractivity (Wildman–Crippen MR) is 136 cm³/mol. The van der Waals surface area contributed by atoms with E-state index in [0.29, 0.717) is 11.6 Å². The summed E-state index contributed by atoms with van der Waals surface area (Å²) >= 11 is 6.30. The van der Waals surface area contributed by atoms with Crippen molar-refractivity contribution in [2.24, 2.45) is 4.99 Å². The van der Waals surface area contributed by atoms with Crippen molar-refractivity contribution >= 4 is 53.2 Å². The summed E-state index contributed by atoms with van der Waals surface area (Å²) in [5, 5.41) is 7.65. The molecule has 2 aromatic rings. The highest BCUT2D eigenvalue weighted by molar-refractivity contribution is 14.0. The van der Waals surface area contributed by atoms with Gasteiger partial charge >= 0.3 is 0 Å². The van der Waals surface area contributed by atoms with Gasteiger partial charge < -0.3 is 25.2 Å². The van der Waals surface area contributed by atoms with Crippen LogP contribution < -0.4 is 20.4 Å². The van der Waals surface area contributed by atoms with Crippen LogP contribution in [0.2, 0.25) is 5.02 Å². The highest BCUT2D eigenvalue weighted by atomic mass is 127. The number of anilines is 2. The van der Waals surface area contributed by atoms with E-state index in [9.17, 15) is 0 Å². The molecule has 2 aromatic heterocycles. The molecule has 2 saturated heterocycles. The van der Waals surface area contributed by atoms with Gasteiger partial charge in [-0.25, -0.2) is 9.97 Å². The van der Waals surface area contributed by atoms with Gasteiger partial charge in [0.1, 0.15) is 11.6 Å². The molecule has 0 spiro atoms. The zero-order valence-corrected chi connectivity index (χ0v) is 20.7. The van der Waals surface area contributed by atoms with E-state index >= 15 is 0 Å². The van der Waals surface area contributed by atoms with Crippen molar-refractivity contribution < 1.29 is 4.74 Å². The van der Waals surface area contributed by atoms with Gasteiger partial charge in [0.15, 0.2) is 5.96 Å². The Balaban J connectivity index is 0.00000272. The summed E-state index contributed by atoms with van der Waals surface area (Å²) in [4.78, 5) is 17.9. The number of rotatable bonds is 5. The Bertz CT molecular complexity index is 878. The van der Waals surface area contributed by atoms with Gasteiger partial charge in [-0.3, -0.25) is 4.99 Å². The molecule has 4 rings (SSSR count). The van der Waals surface area contributed by atoms with Crippen LogP contribution in [0.15, 0.2) is 41.7 Å². The number of ether oxygens (including phenoxy) is 1. The van der Waals surface area contributed by atoms with Gasteiger partial charge in [0.2, 0.25) is 0 Å². The van der Waals surface area contributed by atoms with Crippen LogP contribution in [0, 0.1) is 0 Å². The van der Waals surface area contributed by atoms with Gasteiger partial charge in [-0.2, -0.15) is 0 Å². The summed E-state index contributed by atoms with van der Waals surface area (Å²) in [6, 6.07) is 8.10. The summed E-state index contributed by atoms with van der Waals surface area (Å²) < 4.78 is 5.47. The maximum Gasteiger partial charge on any atom is 0.191 e. The molecule has 0 amide bonds. The molecule has 1 atom stereocenters. The molecule has 168 valence electrons. The normalized spacial score (nSPS) is 19.2. The van der Waals surface area contributed by atoms with E-state index in [4.69, 9.17) is 16.3 Å². The van der Waals surface area contributed by atoms with Gasteiger partial charge in [0, 0.05) is 63.8 Å². The van der Waals surface area contributed by atoms with Crippen LogP contribution in [-0.2, 0) is 11.3 Å². The fourth-order valence-electron chi connectivity index (χ4n) is 3.88. The van der Waals surface area contributed by atoms with Crippen molar-refractivity contribution in [3.63, 3.8) is 0 Å². The molecule has 2 aliphatic rings. The molecule has 0 aromatic carbocycles. The SMILES string of the molecule is CN=C(NCc1cccnc1N1CCOCC1)NC1CCN(c2ncccc2Cl)C1.I. The van der Waals surface area contributed by atoms with Crippen LogP contribution in [0.25, 0.3) is 0 Å². The Labute approximate surface area is 205 Å². The number of nitrogens with one attached hydrogen (secondary N) is 2. The molecule has 2 N–H and O–H groups in total. The monoisotopic (exact) mass is 557 g/mol. The number of hydrogen-bond donors (Lipinski definition) is 2. The van der Waals surface area contributed by atoms with Crippen LogP contribution in [-0.4, -0.2) is 68.4 Å². The average molecular weight is 558 g/mol. The van der Waals surface area contributed by atoms with E-state index in [0.717, 1.165) is 69.0 Å². The lowest BCUT2D eigenvalue weighted by molar-refractivity contribution is 0.122. The average Bonchev–Trinajstić information content (AvgIpc) is 3.26. The number of nitrogens with zero attached hydrogens (tertiary/aromatic N) is 5. The number of hydrogen-bond acceptors (Lipinski definition) is 6. The van der Waals surface area contributed by atoms with E-state index in [1.54, 1.807) is 13.2 Å². The van der Waals surface area contributed by atoms with Gasteiger partial charge in [0.05, 0.1) is 18.2 Å². The molecule has 4 heterocycles. The number of aliphatic imine (C=N–C) groups is 1. The molecule has 0 bridgehead atoms. The van der Waals surface area contributed by atoms with Crippen LogP contribution >= 0.6 is 35.6 Å². The van der Waals surface area contributed by atoms with E-state index in [1.807, 2.05) is 24.4 Å². The predicted octanol–water partition coefficient (Wildman–Crippen LogP) is 2.53. The molecule has 31 heavy (non-hydrogen) atoms. The van der Waals surface area contributed by atoms with E-state index < -0.39 is 0 Å². The van der Waals surface area contributed by atoms with Crippen molar-refractivity contribution in [1.82, 2.24) is 20.6 Å². The second-order valence-electron chi connectivity index (χ2n) is 7.40. The minimum atomic E-state index is 0. The molecule has 2 fully saturated rings. The highest BCUT2D eigenvalue weighted by Gasteiger charge is 2.25.